The second kappa shape index (κ2) is 8.42. The molecule has 3 rings (SSSR count). The molecule has 2 amide bonds. The molecule has 1 aliphatic carbocycles. The van der Waals surface area contributed by atoms with Crippen molar-refractivity contribution in [3.63, 3.8) is 0 Å². The number of nitrogens with zero attached hydrogens (tertiary/aromatic N) is 1. The van der Waals surface area contributed by atoms with Crippen LogP contribution in [0.4, 0.5) is 11.4 Å². The fourth-order valence-corrected chi connectivity index (χ4v) is 3.03. The normalized spacial score (nSPS) is 19.4. The molecule has 2 aliphatic rings. The molecule has 25 heavy (non-hydrogen) atoms. The van der Waals surface area contributed by atoms with E-state index in [4.69, 9.17) is 10.5 Å². The predicted molar refractivity (Wildman–Crippen MR) is 96.4 cm³/mol. The molecule has 1 heterocycles. The number of ether oxygens (including phenoxy) is 1. The van der Waals surface area contributed by atoms with Crippen LogP contribution in [0.5, 0.6) is 0 Å². The minimum absolute atomic E-state index is 0.0496. The SMILES string of the molecule is NC[C@@H](NCC1CCC1)C(=O)Nc1ccc(N2CCOCC2=O)cc1. The topological polar surface area (TPSA) is 96.7 Å². The summed E-state index contributed by atoms with van der Waals surface area (Å²) in [6.07, 6.45) is 3.74. The Kier molecular flexibility index (Phi) is 6.01. The van der Waals surface area contributed by atoms with Gasteiger partial charge < -0.3 is 26.0 Å². The number of benzene rings is 1. The van der Waals surface area contributed by atoms with Gasteiger partial charge in [0.15, 0.2) is 0 Å². The first-order chi connectivity index (χ1) is 12.2. The summed E-state index contributed by atoms with van der Waals surface area (Å²) in [6.45, 7) is 2.30. The average Bonchev–Trinajstić information content (AvgIpc) is 2.58. The Balaban J connectivity index is 1.54. The summed E-state index contributed by atoms with van der Waals surface area (Å²) in [4.78, 5) is 25.9. The van der Waals surface area contributed by atoms with Crippen LogP contribution in [-0.2, 0) is 14.3 Å². The fourth-order valence-electron chi connectivity index (χ4n) is 3.03. The van der Waals surface area contributed by atoms with Crippen molar-refractivity contribution >= 4 is 23.2 Å². The van der Waals surface area contributed by atoms with Gasteiger partial charge in [-0.2, -0.15) is 0 Å². The Hall–Kier alpha value is -1.96. The number of nitrogens with two attached hydrogens (primary N) is 1. The van der Waals surface area contributed by atoms with Crippen LogP contribution in [0, 0.1) is 5.92 Å². The van der Waals surface area contributed by atoms with Crippen molar-refractivity contribution < 1.29 is 14.3 Å². The third-order valence-electron chi connectivity index (χ3n) is 4.86. The molecule has 4 N–H and O–H groups in total. The van der Waals surface area contributed by atoms with E-state index in [9.17, 15) is 9.59 Å². The van der Waals surface area contributed by atoms with Crippen molar-refractivity contribution in [2.24, 2.45) is 11.7 Å². The zero-order valence-electron chi connectivity index (χ0n) is 14.4. The van der Waals surface area contributed by atoms with E-state index in [-0.39, 0.29) is 31.0 Å². The zero-order chi connectivity index (χ0) is 17.6. The van der Waals surface area contributed by atoms with Gasteiger partial charge >= 0.3 is 0 Å². The first-order valence-electron chi connectivity index (χ1n) is 8.90. The third-order valence-corrected chi connectivity index (χ3v) is 4.86. The Morgan fingerprint density at radius 1 is 1.32 bits per heavy atom. The van der Waals surface area contributed by atoms with Gasteiger partial charge in [-0.15, -0.1) is 0 Å². The second-order valence-corrected chi connectivity index (χ2v) is 6.63. The molecule has 0 unspecified atom stereocenters. The number of carbonyl (C=O) groups is 2. The first kappa shape index (κ1) is 17.8. The van der Waals surface area contributed by atoms with E-state index in [1.807, 2.05) is 12.1 Å². The highest BCUT2D eigenvalue weighted by Crippen LogP contribution is 2.25. The smallest absolute Gasteiger partial charge is 0.253 e. The van der Waals surface area contributed by atoms with Gasteiger partial charge in [0, 0.05) is 24.5 Å². The molecule has 0 bridgehead atoms. The first-order valence-corrected chi connectivity index (χ1v) is 8.90. The molecule has 1 aliphatic heterocycles. The average molecular weight is 346 g/mol. The largest absolute Gasteiger partial charge is 0.370 e. The number of hydrogen-bond donors (Lipinski definition) is 3. The molecule has 136 valence electrons. The molecule has 1 atom stereocenters. The Bertz CT molecular complexity index is 601. The molecule has 2 fully saturated rings. The van der Waals surface area contributed by atoms with Crippen molar-refractivity contribution in [3.8, 4) is 0 Å². The van der Waals surface area contributed by atoms with E-state index in [0.717, 1.165) is 12.2 Å². The van der Waals surface area contributed by atoms with E-state index in [1.165, 1.54) is 19.3 Å². The van der Waals surface area contributed by atoms with Gasteiger partial charge in [0.1, 0.15) is 6.61 Å². The monoisotopic (exact) mass is 346 g/mol. The molecule has 0 aromatic heterocycles. The lowest BCUT2D eigenvalue weighted by molar-refractivity contribution is -0.125. The van der Waals surface area contributed by atoms with Crippen LogP contribution < -0.4 is 21.3 Å². The summed E-state index contributed by atoms with van der Waals surface area (Å²) in [5.74, 6) is 0.496. The van der Waals surface area contributed by atoms with E-state index in [1.54, 1.807) is 17.0 Å². The lowest BCUT2D eigenvalue weighted by Gasteiger charge is -2.28. The number of morpholine rings is 1. The molecule has 7 heteroatoms. The number of rotatable bonds is 7. The summed E-state index contributed by atoms with van der Waals surface area (Å²) in [6, 6.07) is 6.88. The number of hydrogen-bond acceptors (Lipinski definition) is 5. The van der Waals surface area contributed by atoms with Crippen LogP contribution in [0.15, 0.2) is 24.3 Å². The highest BCUT2D eigenvalue weighted by Gasteiger charge is 2.22. The molecule has 1 aromatic rings. The quantitative estimate of drug-likeness (QED) is 0.675. The maximum atomic E-state index is 12.4. The Labute approximate surface area is 147 Å². The van der Waals surface area contributed by atoms with Crippen molar-refractivity contribution in [1.29, 1.82) is 0 Å². The number of amides is 2. The van der Waals surface area contributed by atoms with Crippen LogP contribution >= 0.6 is 0 Å². The van der Waals surface area contributed by atoms with Crippen LogP contribution in [0.3, 0.4) is 0 Å². The van der Waals surface area contributed by atoms with E-state index in [0.29, 0.717) is 24.8 Å². The summed E-state index contributed by atoms with van der Waals surface area (Å²) < 4.78 is 5.13. The summed E-state index contributed by atoms with van der Waals surface area (Å²) >= 11 is 0. The van der Waals surface area contributed by atoms with Crippen LogP contribution in [0.1, 0.15) is 19.3 Å². The minimum Gasteiger partial charge on any atom is -0.370 e. The van der Waals surface area contributed by atoms with Gasteiger partial charge in [-0.25, -0.2) is 0 Å². The zero-order valence-corrected chi connectivity index (χ0v) is 14.4. The molecule has 0 spiro atoms. The van der Waals surface area contributed by atoms with E-state index < -0.39 is 0 Å². The van der Waals surface area contributed by atoms with Crippen molar-refractivity contribution in [1.82, 2.24) is 5.32 Å². The summed E-state index contributed by atoms with van der Waals surface area (Å²) in [7, 11) is 0. The lowest BCUT2D eigenvalue weighted by Crippen LogP contribution is -2.48. The van der Waals surface area contributed by atoms with E-state index in [2.05, 4.69) is 10.6 Å². The predicted octanol–water partition coefficient (Wildman–Crippen LogP) is 0.705. The molecule has 1 saturated carbocycles. The third kappa shape index (κ3) is 4.56. The highest BCUT2D eigenvalue weighted by molar-refractivity contribution is 5.97. The maximum absolute atomic E-state index is 12.4. The van der Waals surface area contributed by atoms with Gasteiger partial charge in [-0.1, -0.05) is 6.42 Å². The lowest BCUT2D eigenvalue weighted by atomic mass is 9.85. The van der Waals surface area contributed by atoms with E-state index >= 15 is 0 Å². The van der Waals surface area contributed by atoms with Gasteiger partial charge in [-0.3, -0.25) is 9.59 Å². The van der Waals surface area contributed by atoms with Crippen molar-refractivity contribution in [2.75, 3.05) is 43.1 Å². The van der Waals surface area contributed by atoms with Gasteiger partial charge in [0.25, 0.3) is 5.91 Å². The molecule has 1 saturated heterocycles. The minimum atomic E-state index is -0.388. The van der Waals surface area contributed by atoms with Gasteiger partial charge in [0.05, 0.1) is 12.6 Å². The van der Waals surface area contributed by atoms with Crippen LogP contribution in [0.25, 0.3) is 0 Å². The van der Waals surface area contributed by atoms with Crippen molar-refractivity contribution in [3.05, 3.63) is 24.3 Å². The molecule has 1 aromatic carbocycles. The standard InChI is InChI=1S/C18H26N4O3/c19-10-16(20-11-13-2-1-3-13)18(24)21-14-4-6-15(7-5-14)22-8-9-25-12-17(22)23/h4-7,13,16,20H,1-3,8-12,19H2,(H,21,24)/t16-/m1/s1. The summed E-state index contributed by atoms with van der Waals surface area (Å²) in [5.41, 5.74) is 7.23. The second-order valence-electron chi connectivity index (χ2n) is 6.63. The summed E-state index contributed by atoms with van der Waals surface area (Å²) in [5, 5.41) is 6.14. The van der Waals surface area contributed by atoms with Crippen LogP contribution in [0.2, 0.25) is 0 Å². The molecule has 7 nitrogen and oxygen atoms in total. The van der Waals surface area contributed by atoms with Crippen molar-refractivity contribution in [2.45, 2.75) is 25.3 Å². The fraction of sp³-hybridized carbons (Fsp3) is 0.556. The Morgan fingerprint density at radius 2 is 2.08 bits per heavy atom. The highest BCUT2D eigenvalue weighted by atomic mass is 16.5. The van der Waals surface area contributed by atoms with Gasteiger partial charge in [0.2, 0.25) is 5.91 Å². The number of nitrogens with one attached hydrogen (secondary N) is 2. The Morgan fingerprint density at radius 3 is 2.68 bits per heavy atom. The molecular weight excluding hydrogens is 320 g/mol. The maximum Gasteiger partial charge on any atom is 0.253 e. The number of carbonyl (C=O) groups excluding carboxylic acids is 2. The van der Waals surface area contributed by atoms with Crippen LogP contribution in [-0.4, -0.2) is 50.7 Å². The molecule has 0 radical (unpaired) electrons. The van der Waals surface area contributed by atoms with Gasteiger partial charge in [-0.05, 0) is 49.6 Å². The molecular formula is C18H26N4O3. The number of anilines is 2.